The Morgan fingerprint density at radius 1 is 0.833 bits per heavy atom. The largest absolute Gasteiger partial charge is 0.708 e. The van der Waals surface area contributed by atoms with E-state index in [-0.39, 0.29) is 11.7 Å². The lowest BCUT2D eigenvalue weighted by atomic mass is 10.2. The fourth-order valence-corrected chi connectivity index (χ4v) is 1.76. The zero-order valence-electron chi connectivity index (χ0n) is 9.48. The van der Waals surface area contributed by atoms with Gasteiger partial charge in [0.25, 0.3) is 0 Å². The van der Waals surface area contributed by atoms with Crippen LogP contribution in [-0.2, 0) is 0 Å². The molecule has 0 bridgehead atoms. The van der Waals surface area contributed by atoms with E-state index in [9.17, 15) is 5.21 Å². The van der Waals surface area contributed by atoms with Crippen molar-refractivity contribution in [1.29, 1.82) is 0 Å². The smallest absolute Gasteiger partial charge is 0.383 e. The number of hydrogen-bond donors (Lipinski definition) is 0. The summed E-state index contributed by atoms with van der Waals surface area (Å²) >= 11 is 0. The molecule has 0 N–H and O–H groups in total. The molecule has 3 rings (SSSR count). The van der Waals surface area contributed by atoms with Crippen LogP contribution >= 0.6 is 0 Å². The van der Waals surface area contributed by atoms with E-state index >= 15 is 0 Å². The molecule has 0 fully saturated rings. The van der Waals surface area contributed by atoms with Crippen molar-refractivity contribution in [3.8, 4) is 22.8 Å². The summed E-state index contributed by atoms with van der Waals surface area (Å²) in [4.78, 5) is 0. The van der Waals surface area contributed by atoms with Crippen LogP contribution in [0.2, 0.25) is 0 Å². The third kappa shape index (κ3) is 1.73. The Kier molecular flexibility index (Phi) is 2.53. The van der Waals surface area contributed by atoms with E-state index in [0.29, 0.717) is 10.3 Å². The number of rotatable bonds is 2. The molecular formula is C14H10N2O2. The molecule has 1 heterocycles. The quantitative estimate of drug-likeness (QED) is 0.509. The molecule has 0 saturated carbocycles. The Balaban J connectivity index is 2.09. The molecule has 18 heavy (non-hydrogen) atoms. The van der Waals surface area contributed by atoms with Crippen LogP contribution in [0.25, 0.3) is 22.8 Å². The predicted molar refractivity (Wildman–Crippen MR) is 66.3 cm³/mol. The molecule has 0 saturated heterocycles. The van der Waals surface area contributed by atoms with E-state index in [1.54, 1.807) is 0 Å². The fraction of sp³-hybridized carbons (Fsp3) is 0. The first-order valence-electron chi connectivity index (χ1n) is 5.56. The second-order valence-electron chi connectivity index (χ2n) is 3.84. The lowest BCUT2D eigenvalue weighted by Crippen LogP contribution is -2.29. The first kappa shape index (κ1) is 10.5. The summed E-state index contributed by atoms with van der Waals surface area (Å²) in [5.74, 6) is 0.476. The van der Waals surface area contributed by atoms with Crippen LogP contribution in [0.3, 0.4) is 0 Å². The summed E-state index contributed by atoms with van der Waals surface area (Å²) in [7, 11) is 0. The van der Waals surface area contributed by atoms with E-state index < -0.39 is 0 Å². The molecule has 0 radical (unpaired) electrons. The fourth-order valence-electron chi connectivity index (χ4n) is 1.76. The molecule has 0 unspecified atom stereocenters. The van der Waals surface area contributed by atoms with Crippen molar-refractivity contribution in [3.05, 3.63) is 65.9 Å². The molecule has 0 aliphatic carbocycles. The Morgan fingerprint density at radius 2 is 1.39 bits per heavy atom. The highest BCUT2D eigenvalue weighted by Gasteiger charge is 2.21. The van der Waals surface area contributed by atoms with E-state index in [1.807, 2.05) is 60.7 Å². The summed E-state index contributed by atoms with van der Waals surface area (Å²) in [5, 5.41) is 16.0. The van der Waals surface area contributed by atoms with Gasteiger partial charge in [-0.1, -0.05) is 36.4 Å². The summed E-state index contributed by atoms with van der Waals surface area (Å²) in [6.45, 7) is 0. The monoisotopic (exact) mass is 238 g/mol. The molecule has 0 atom stereocenters. The molecule has 4 heteroatoms. The zero-order chi connectivity index (χ0) is 12.4. The second-order valence-corrected chi connectivity index (χ2v) is 3.84. The van der Waals surface area contributed by atoms with E-state index in [2.05, 4.69) is 5.16 Å². The average Bonchev–Trinajstić information content (AvgIpc) is 2.83. The van der Waals surface area contributed by atoms with Gasteiger partial charge in [0.15, 0.2) is 5.16 Å². The van der Waals surface area contributed by atoms with Gasteiger partial charge < -0.3 is 5.21 Å². The number of aromatic nitrogens is 2. The molecule has 2 aromatic carbocycles. The number of hydrogen-bond acceptors (Lipinski definition) is 3. The summed E-state index contributed by atoms with van der Waals surface area (Å²) in [5.41, 5.74) is 1.45. The van der Waals surface area contributed by atoms with E-state index in [1.165, 1.54) is 0 Å². The molecule has 88 valence electrons. The van der Waals surface area contributed by atoms with Gasteiger partial charge in [-0.3, -0.25) is 0 Å². The summed E-state index contributed by atoms with van der Waals surface area (Å²) in [6, 6.07) is 18.4. The Morgan fingerprint density at radius 3 is 2.00 bits per heavy atom. The van der Waals surface area contributed by atoms with Gasteiger partial charge in [-0.05, 0) is 24.3 Å². The van der Waals surface area contributed by atoms with Crippen LogP contribution < -0.4 is 4.73 Å². The molecule has 0 amide bonds. The topological polar surface area (TPSA) is 53.0 Å². The second kappa shape index (κ2) is 4.33. The molecule has 0 spiro atoms. The maximum absolute atomic E-state index is 12.1. The van der Waals surface area contributed by atoms with Crippen LogP contribution in [0.15, 0.2) is 65.2 Å². The Hall–Kier alpha value is -2.62. The van der Waals surface area contributed by atoms with Crippen molar-refractivity contribution in [1.82, 2.24) is 5.16 Å². The molecule has 0 aliphatic heterocycles. The van der Waals surface area contributed by atoms with Gasteiger partial charge in [0, 0.05) is 0 Å². The summed E-state index contributed by atoms with van der Waals surface area (Å²) < 4.78 is 5.85. The van der Waals surface area contributed by atoms with Crippen molar-refractivity contribution in [2.45, 2.75) is 0 Å². The highest BCUT2D eigenvalue weighted by molar-refractivity contribution is 5.54. The van der Waals surface area contributed by atoms with E-state index in [4.69, 9.17) is 4.52 Å². The van der Waals surface area contributed by atoms with Gasteiger partial charge in [-0.25, -0.2) is 4.52 Å². The van der Waals surface area contributed by atoms with Crippen LogP contribution in [0.5, 0.6) is 0 Å². The lowest BCUT2D eigenvalue weighted by Gasteiger charge is -2.01. The molecule has 1 aromatic heterocycles. The van der Waals surface area contributed by atoms with Crippen molar-refractivity contribution >= 4 is 0 Å². The third-order valence-electron chi connectivity index (χ3n) is 2.65. The van der Waals surface area contributed by atoms with Crippen LogP contribution in [0.1, 0.15) is 0 Å². The number of nitrogens with zero attached hydrogens (tertiary/aromatic N) is 2. The van der Waals surface area contributed by atoms with Gasteiger partial charge in [0.1, 0.15) is 0 Å². The van der Waals surface area contributed by atoms with Gasteiger partial charge in [0.05, 0.1) is 11.1 Å². The first-order valence-corrected chi connectivity index (χ1v) is 5.56. The third-order valence-corrected chi connectivity index (χ3v) is 2.65. The van der Waals surface area contributed by atoms with Crippen molar-refractivity contribution in [2.75, 3.05) is 0 Å². The molecule has 3 aromatic rings. The maximum atomic E-state index is 12.1. The molecule has 0 aliphatic rings. The van der Waals surface area contributed by atoms with Crippen molar-refractivity contribution in [2.24, 2.45) is 0 Å². The van der Waals surface area contributed by atoms with Gasteiger partial charge in [-0.2, -0.15) is 4.73 Å². The minimum Gasteiger partial charge on any atom is -0.708 e. The van der Waals surface area contributed by atoms with Gasteiger partial charge in [-0.15, -0.1) is 0 Å². The highest BCUT2D eigenvalue weighted by atomic mass is 16.5. The predicted octanol–water partition coefficient (Wildman–Crippen LogP) is 2.64. The van der Waals surface area contributed by atoms with Crippen LogP contribution in [0, 0.1) is 5.21 Å². The lowest BCUT2D eigenvalue weighted by molar-refractivity contribution is -0.585. The minimum atomic E-state index is 0.203. The van der Waals surface area contributed by atoms with Crippen molar-refractivity contribution < 1.29 is 9.25 Å². The van der Waals surface area contributed by atoms with Gasteiger partial charge in [0.2, 0.25) is 0 Å². The van der Waals surface area contributed by atoms with E-state index in [0.717, 1.165) is 5.56 Å². The Bertz CT molecular complexity index is 591. The zero-order valence-corrected chi connectivity index (χ0v) is 9.48. The minimum absolute atomic E-state index is 0.203. The first-order chi connectivity index (χ1) is 8.86. The molecule has 4 nitrogen and oxygen atoms in total. The molecular weight excluding hydrogens is 228 g/mol. The standard InChI is InChI=1S/C14H10N2O2/c17-16-13(11-7-3-1-4-8-11)15-18-14(16)12-9-5-2-6-10-12/h1-10H. The number of benzene rings is 2. The van der Waals surface area contributed by atoms with Crippen LogP contribution in [0.4, 0.5) is 0 Å². The average molecular weight is 238 g/mol. The van der Waals surface area contributed by atoms with Crippen molar-refractivity contribution in [3.63, 3.8) is 0 Å². The highest BCUT2D eigenvalue weighted by Crippen LogP contribution is 2.19. The Labute approximate surface area is 104 Å². The summed E-state index contributed by atoms with van der Waals surface area (Å²) in [6.07, 6.45) is 0. The SMILES string of the molecule is [O-][n+]1c(-c2ccccc2)noc1-c1ccccc1. The maximum Gasteiger partial charge on any atom is 0.383 e. The van der Waals surface area contributed by atoms with Gasteiger partial charge >= 0.3 is 11.7 Å². The normalized spacial score (nSPS) is 10.4. The van der Waals surface area contributed by atoms with Crippen LogP contribution in [-0.4, -0.2) is 5.16 Å².